The van der Waals surface area contributed by atoms with E-state index < -0.39 is 36.2 Å². The molecular weight excluding hydrogens is 392 g/mol. The molecule has 2 saturated heterocycles. The van der Waals surface area contributed by atoms with Gasteiger partial charge in [-0.1, -0.05) is 18.2 Å². The van der Waals surface area contributed by atoms with Gasteiger partial charge in [0.1, 0.15) is 30.7 Å². The number of benzene rings is 1. The highest BCUT2D eigenvalue weighted by molar-refractivity contribution is 6.07. The lowest BCUT2D eigenvalue weighted by Crippen LogP contribution is -2.58. The fourth-order valence-electron chi connectivity index (χ4n) is 4.39. The summed E-state index contributed by atoms with van der Waals surface area (Å²) in [6.45, 7) is 0.394. The van der Waals surface area contributed by atoms with E-state index in [1.54, 1.807) is 24.3 Å². The van der Waals surface area contributed by atoms with Gasteiger partial charge in [0, 0.05) is 0 Å². The van der Waals surface area contributed by atoms with E-state index in [1.807, 2.05) is 12.1 Å². The molecule has 30 heavy (non-hydrogen) atoms. The van der Waals surface area contributed by atoms with Gasteiger partial charge in [0.15, 0.2) is 11.5 Å². The van der Waals surface area contributed by atoms with Crippen molar-refractivity contribution < 1.29 is 34.0 Å². The third kappa shape index (κ3) is 3.15. The number of amides is 2. The number of carbonyl (C=O) groups is 2. The molecule has 1 aromatic carbocycles. The van der Waals surface area contributed by atoms with E-state index in [-0.39, 0.29) is 19.3 Å². The number of hydrogen-bond donors (Lipinski definition) is 3. The van der Waals surface area contributed by atoms with Crippen LogP contribution in [0.15, 0.2) is 42.2 Å². The fourth-order valence-corrected chi connectivity index (χ4v) is 4.39. The van der Waals surface area contributed by atoms with Crippen LogP contribution in [0.1, 0.15) is 18.4 Å². The molecule has 5 rings (SSSR count). The minimum atomic E-state index is -1.17. The maximum Gasteiger partial charge on any atom is 0.241 e. The molecule has 158 valence electrons. The van der Waals surface area contributed by atoms with E-state index in [2.05, 4.69) is 5.32 Å². The Morgan fingerprint density at radius 3 is 2.80 bits per heavy atom. The minimum absolute atomic E-state index is 0.185. The Kier molecular flexibility index (Phi) is 4.73. The molecule has 0 saturated carbocycles. The van der Waals surface area contributed by atoms with Gasteiger partial charge in [-0.3, -0.25) is 19.8 Å². The number of nitrogens with one attached hydrogen (secondary N) is 1. The highest BCUT2D eigenvalue weighted by atomic mass is 16.7. The Labute approximate surface area is 172 Å². The molecule has 2 amide bonds. The predicted octanol–water partition coefficient (Wildman–Crippen LogP) is 0.376. The van der Waals surface area contributed by atoms with Crippen molar-refractivity contribution in [3.05, 3.63) is 47.7 Å². The van der Waals surface area contributed by atoms with Gasteiger partial charge < -0.3 is 24.4 Å². The van der Waals surface area contributed by atoms with Crippen molar-refractivity contribution in [3.63, 3.8) is 0 Å². The molecule has 4 aliphatic rings. The van der Waals surface area contributed by atoms with Gasteiger partial charge in [0.05, 0.1) is 12.0 Å². The van der Waals surface area contributed by atoms with E-state index in [4.69, 9.17) is 14.2 Å². The topological polar surface area (TPSA) is 118 Å². The van der Waals surface area contributed by atoms with E-state index in [9.17, 15) is 19.8 Å². The number of carbonyl (C=O) groups excluding carboxylic acids is 2. The molecule has 0 spiro atoms. The quantitative estimate of drug-likeness (QED) is 0.605. The van der Waals surface area contributed by atoms with Gasteiger partial charge in [-0.05, 0) is 36.6 Å². The number of hydrogen-bond acceptors (Lipinski definition) is 8. The van der Waals surface area contributed by atoms with Crippen molar-refractivity contribution in [1.82, 2.24) is 10.2 Å². The second kappa shape index (κ2) is 7.42. The number of aliphatic hydroxyl groups excluding tert-OH is 2. The first-order valence-corrected chi connectivity index (χ1v) is 9.92. The summed E-state index contributed by atoms with van der Waals surface area (Å²) in [6.07, 6.45) is 3.74. The van der Waals surface area contributed by atoms with Crippen LogP contribution >= 0.6 is 0 Å². The lowest BCUT2D eigenvalue weighted by atomic mass is 9.89. The summed E-state index contributed by atoms with van der Waals surface area (Å²) in [5.74, 6) is -0.432. The molecule has 0 aromatic heterocycles. The number of fused-ring (bicyclic) bond motifs is 2. The monoisotopic (exact) mass is 414 g/mol. The standard InChI is InChI=1S/C21H22N2O7/c24-17-7-5-13(19(25)22-17)23-20(26)12-2-1-3-15(18(12)21(23)27)28-9-11-4-6-14-16(8-11)30-10-29-14/h1-4,6,8,12-13,17-19,22,24-25H,5,7,9-10H2. The third-order valence-electron chi connectivity index (χ3n) is 5.91. The highest BCUT2D eigenvalue weighted by Crippen LogP contribution is 2.39. The second-order valence-corrected chi connectivity index (χ2v) is 7.75. The third-order valence-corrected chi connectivity index (χ3v) is 5.91. The Bertz CT molecular complexity index is 943. The van der Waals surface area contributed by atoms with Crippen LogP contribution in [0.25, 0.3) is 0 Å². The first-order valence-electron chi connectivity index (χ1n) is 9.92. The van der Waals surface area contributed by atoms with Crippen LogP contribution in [-0.2, 0) is 20.9 Å². The average Bonchev–Trinajstić information content (AvgIpc) is 3.30. The van der Waals surface area contributed by atoms with E-state index in [1.165, 1.54) is 0 Å². The number of nitrogens with zero attached hydrogens (tertiary/aromatic N) is 1. The molecule has 9 nitrogen and oxygen atoms in total. The second-order valence-electron chi connectivity index (χ2n) is 7.75. The Morgan fingerprint density at radius 1 is 1.13 bits per heavy atom. The summed E-state index contributed by atoms with van der Waals surface area (Å²) in [5.41, 5.74) is 0.848. The SMILES string of the molecule is O=C1C2C=CC=C(OCc3ccc4c(c3)OCO4)C2C(=O)N1C1CCC(O)NC1O. The zero-order valence-corrected chi connectivity index (χ0v) is 16.1. The molecule has 2 fully saturated rings. The number of allylic oxidation sites excluding steroid dienone is 2. The number of imide groups is 1. The maximum absolute atomic E-state index is 13.2. The summed E-state index contributed by atoms with van der Waals surface area (Å²) >= 11 is 0. The largest absolute Gasteiger partial charge is 0.492 e. The Balaban J connectivity index is 1.32. The van der Waals surface area contributed by atoms with E-state index in [0.29, 0.717) is 30.1 Å². The van der Waals surface area contributed by atoms with Crippen LogP contribution in [0.4, 0.5) is 0 Å². The van der Waals surface area contributed by atoms with Crippen LogP contribution < -0.4 is 14.8 Å². The minimum Gasteiger partial charge on any atom is -0.492 e. The van der Waals surface area contributed by atoms with Crippen LogP contribution in [0.3, 0.4) is 0 Å². The first-order chi connectivity index (χ1) is 14.5. The Morgan fingerprint density at radius 2 is 1.97 bits per heavy atom. The number of aliphatic hydroxyl groups is 2. The maximum atomic E-state index is 13.2. The highest BCUT2D eigenvalue weighted by Gasteiger charge is 2.53. The lowest BCUT2D eigenvalue weighted by Gasteiger charge is -2.36. The van der Waals surface area contributed by atoms with Crippen molar-refractivity contribution in [2.24, 2.45) is 11.8 Å². The van der Waals surface area contributed by atoms with Gasteiger partial charge in [-0.15, -0.1) is 0 Å². The lowest BCUT2D eigenvalue weighted by molar-refractivity contribution is -0.149. The van der Waals surface area contributed by atoms with Crippen molar-refractivity contribution in [1.29, 1.82) is 0 Å². The molecule has 3 aliphatic heterocycles. The van der Waals surface area contributed by atoms with Crippen molar-refractivity contribution in [2.75, 3.05) is 6.79 Å². The average molecular weight is 414 g/mol. The van der Waals surface area contributed by atoms with Crippen molar-refractivity contribution in [2.45, 2.75) is 37.9 Å². The first kappa shape index (κ1) is 19.1. The van der Waals surface area contributed by atoms with Gasteiger partial charge in [-0.2, -0.15) is 0 Å². The van der Waals surface area contributed by atoms with Crippen molar-refractivity contribution >= 4 is 11.8 Å². The molecular formula is C21H22N2O7. The van der Waals surface area contributed by atoms with Gasteiger partial charge >= 0.3 is 0 Å². The van der Waals surface area contributed by atoms with E-state index >= 15 is 0 Å². The van der Waals surface area contributed by atoms with Crippen molar-refractivity contribution in [3.8, 4) is 11.5 Å². The zero-order chi connectivity index (χ0) is 20.8. The van der Waals surface area contributed by atoms with Gasteiger partial charge in [0.2, 0.25) is 18.6 Å². The zero-order valence-electron chi connectivity index (χ0n) is 16.1. The molecule has 5 atom stereocenters. The smallest absolute Gasteiger partial charge is 0.241 e. The molecule has 9 heteroatoms. The summed E-state index contributed by atoms with van der Waals surface area (Å²) in [7, 11) is 0. The molecule has 3 heterocycles. The number of likely N-dealkylation sites (tertiary alicyclic amines) is 1. The molecule has 5 unspecified atom stereocenters. The molecule has 0 radical (unpaired) electrons. The summed E-state index contributed by atoms with van der Waals surface area (Å²) in [6, 6.07) is 4.76. The summed E-state index contributed by atoms with van der Waals surface area (Å²) in [5, 5.41) is 22.5. The fraction of sp³-hybridized carbons (Fsp3) is 0.429. The van der Waals surface area contributed by atoms with Gasteiger partial charge in [-0.25, -0.2) is 0 Å². The van der Waals surface area contributed by atoms with Crippen LogP contribution in [0.2, 0.25) is 0 Å². The predicted molar refractivity (Wildman–Crippen MR) is 102 cm³/mol. The number of rotatable bonds is 4. The normalized spacial score (nSPS) is 32.3. The van der Waals surface area contributed by atoms with Gasteiger partial charge in [0.25, 0.3) is 0 Å². The number of piperidine rings is 1. The molecule has 3 N–H and O–H groups in total. The molecule has 0 bridgehead atoms. The summed E-state index contributed by atoms with van der Waals surface area (Å²) < 4.78 is 16.6. The van der Waals surface area contributed by atoms with E-state index in [0.717, 1.165) is 10.5 Å². The Hall–Kier alpha value is -2.88. The van der Waals surface area contributed by atoms with Crippen LogP contribution in [-0.4, -0.2) is 52.2 Å². The number of ether oxygens (including phenoxy) is 3. The molecule has 1 aromatic rings. The molecule has 1 aliphatic carbocycles. The van der Waals surface area contributed by atoms with Crippen LogP contribution in [0, 0.1) is 11.8 Å². The summed E-state index contributed by atoms with van der Waals surface area (Å²) in [4.78, 5) is 27.3. The van der Waals surface area contributed by atoms with Crippen LogP contribution in [0.5, 0.6) is 11.5 Å².